The van der Waals surface area contributed by atoms with Crippen LogP contribution in [-0.2, 0) is 15.6 Å². The molecule has 26 heavy (non-hydrogen) atoms. The van der Waals surface area contributed by atoms with Crippen LogP contribution in [-0.4, -0.2) is 21.6 Å². The van der Waals surface area contributed by atoms with E-state index in [0.717, 1.165) is 0 Å². The van der Waals surface area contributed by atoms with Crippen LogP contribution in [0.15, 0.2) is 35.2 Å². The van der Waals surface area contributed by atoms with Gasteiger partial charge in [0.25, 0.3) is 0 Å². The van der Waals surface area contributed by atoms with Gasteiger partial charge in [0.2, 0.25) is 10.0 Å². The number of rotatable bonds is 4. The number of sulfonamides is 1. The third-order valence-electron chi connectivity index (χ3n) is 3.94. The van der Waals surface area contributed by atoms with Gasteiger partial charge in [0.15, 0.2) is 29.0 Å². The van der Waals surface area contributed by atoms with Gasteiger partial charge in [0, 0.05) is 0 Å². The fraction of sp³-hybridized carbons (Fsp3) is 0.294. The lowest BCUT2D eigenvalue weighted by molar-refractivity contribution is 0.171. The number of fused-ring (bicyclic) bond motifs is 1. The van der Waals surface area contributed by atoms with Crippen LogP contribution in [0.25, 0.3) is 0 Å². The summed E-state index contributed by atoms with van der Waals surface area (Å²) in [5.41, 5.74) is -0.667. The van der Waals surface area contributed by atoms with Gasteiger partial charge in [-0.1, -0.05) is 6.07 Å². The molecule has 5 nitrogen and oxygen atoms in total. The van der Waals surface area contributed by atoms with Crippen molar-refractivity contribution in [2.75, 3.05) is 13.2 Å². The van der Waals surface area contributed by atoms with Crippen molar-refractivity contribution in [2.45, 2.75) is 24.3 Å². The van der Waals surface area contributed by atoms with E-state index in [-0.39, 0.29) is 0 Å². The third-order valence-corrected chi connectivity index (χ3v) is 5.62. The summed E-state index contributed by atoms with van der Waals surface area (Å²) in [5.74, 6) is -4.08. The zero-order chi connectivity index (χ0) is 19.1. The smallest absolute Gasteiger partial charge is 0.244 e. The average molecular weight is 387 g/mol. The SMILES string of the molecule is CC(C)(NS(=O)(=O)c1ccc(F)c(F)c1F)c1ccc2c(c1)OCCO2. The van der Waals surface area contributed by atoms with Gasteiger partial charge in [-0.25, -0.2) is 26.3 Å². The fourth-order valence-corrected chi connectivity index (χ4v) is 4.07. The maximum Gasteiger partial charge on any atom is 0.244 e. The first-order valence-electron chi connectivity index (χ1n) is 7.69. The summed E-state index contributed by atoms with van der Waals surface area (Å²) in [5, 5.41) is 0. The van der Waals surface area contributed by atoms with Crippen molar-refractivity contribution in [1.82, 2.24) is 4.72 Å². The van der Waals surface area contributed by atoms with Gasteiger partial charge in [-0.3, -0.25) is 0 Å². The summed E-state index contributed by atoms with van der Waals surface area (Å²) >= 11 is 0. The van der Waals surface area contributed by atoms with E-state index in [9.17, 15) is 21.6 Å². The van der Waals surface area contributed by atoms with Crippen molar-refractivity contribution < 1.29 is 31.1 Å². The highest BCUT2D eigenvalue weighted by Crippen LogP contribution is 2.35. The van der Waals surface area contributed by atoms with Crippen molar-refractivity contribution in [3.8, 4) is 11.5 Å². The van der Waals surface area contributed by atoms with E-state index in [4.69, 9.17) is 9.47 Å². The van der Waals surface area contributed by atoms with E-state index in [1.54, 1.807) is 32.0 Å². The van der Waals surface area contributed by atoms with Crippen LogP contribution >= 0.6 is 0 Å². The molecule has 0 fully saturated rings. The van der Waals surface area contributed by atoms with Crippen LogP contribution < -0.4 is 14.2 Å². The number of hydrogen-bond acceptors (Lipinski definition) is 4. The van der Waals surface area contributed by atoms with E-state index in [0.29, 0.717) is 42.4 Å². The molecule has 1 aliphatic rings. The summed E-state index contributed by atoms with van der Waals surface area (Å²) in [7, 11) is -4.46. The van der Waals surface area contributed by atoms with E-state index in [1.807, 2.05) is 0 Å². The first-order valence-corrected chi connectivity index (χ1v) is 9.18. The minimum absolute atomic E-state index is 0.364. The molecule has 1 N–H and O–H groups in total. The minimum atomic E-state index is -4.46. The lowest BCUT2D eigenvalue weighted by Gasteiger charge is -2.28. The molecular formula is C17H16F3NO4S. The predicted octanol–water partition coefficient (Wildman–Crippen LogP) is 3.09. The Morgan fingerprint density at radius 3 is 2.31 bits per heavy atom. The van der Waals surface area contributed by atoms with Crippen LogP contribution in [0.2, 0.25) is 0 Å². The Labute approximate surface area is 148 Å². The molecule has 1 aliphatic heterocycles. The third kappa shape index (κ3) is 3.36. The van der Waals surface area contributed by atoms with Crippen molar-refractivity contribution >= 4 is 10.0 Å². The molecule has 1 heterocycles. The number of benzene rings is 2. The minimum Gasteiger partial charge on any atom is -0.486 e. The van der Waals surface area contributed by atoms with E-state index < -0.39 is 37.9 Å². The van der Waals surface area contributed by atoms with Gasteiger partial charge in [-0.05, 0) is 43.7 Å². The van der Waals surface area contributed by atoms with Crippen molar-refractivity contribution in [3.05, 3.63) is 53.3 Å². The number of hydrogen-bond donors (Lipinski definition) is 1. The second kappa shape index (κ2) is 6.48. The zero-order valence-corrected chi connectivity index (χ0v) is 14.8. The average Bonchev–Trinajstić information content (AvgIpc) is 2.58. The van der Waals surface area contributed by atoms with Gasteiger partial charge in [0.1, 0.15) is 18.1 Å². The molecule has 0 atom stereocenters. The standard InChI is InChI=1S/C17H16F3NO4S/c1-17(2,10-3-5-12-13(9-10)25-8-7-24-12)21-26(22,23)14-6-4-11(18)15(19)16(14)20/h3-6,9,21H,7-8H2,1-2H3. The molecule has 9 heteroatoms. The Morgan fingerprint density at radius 1 is 0.962 bits per heavy atom. The van der Waals surface area contributed by atoms with E-state index >= 15 is 0 Å². The van der Waals surface area contributed by atoms with Crippen LogP contribution in [0.4, 0.5) is 13.2 Å². The maximum atomic E-state index is 13.9. The van der Waals surface area contributed by atoms with Gasteiger partial charge >= 0.3 is 0 Å². The summed E-state index contributed by atoms with van der Waals surface area (Å²) < 4.78 is 78.5. The number of ether oxygens (including phenoxy) is 2. The summed E-state index contributed by atoms with van der Waals surface area (Å²) in [6.45, 7) is 3.88. The predicted molar refractivity (Wildman–Crippen MR) is 87.1 cm³/mol. The normalized spacial score (nSPS) is 14.3. The second-order valence-electron chi connectivity index (χ2n) is 6.26. The molecule has 3 rings (SSSR count). The lowest BCUT2D eigenvalue weighted by atomic mass is 9.95. The highest BCUT2D eigenvalue weighted by molar-refractivity contribution is 7.89. The molecule has 2 aromatic rings. The quantitative estimate of drug-likeness (QED) is 0.819. The molecule has 0 unspecified atom stereocenters. The van der Waals surface area contributed by atoms with Gasteiger partial charge in [-0.2, -0.15) is 0 Å². The number of halogens is 3. The maximum absolute atomic E-state index is 13.9. The Balaban J connectivity index is 1.95. The Hall–Kier alpha value is -2.26. The summed E-state index contributed by atoms with van der Waals surface area (Å²) in [6, 6.07) is 6.12. The van der Waals surface area contributed by atoms with Gasteiger partial charge in [0.05, 0.1) is 5.54 Å². The first kappa shape index (κ1) is 18.5. The van der Waals surface area contributed by atoms with Crippen molar-refractivity contribution in [2.24, 2.45) is 0 Å². The Bertz CT molecular complexity index is 961. The molecule has 0 radical (unpaired) electrons. The molecule has 0 saturated carbocycles. The van der Waals surface area contributed by atoms with Crippen LogP contribution in [0.1, 0.15) is 19.4 Å². The Morgan fingerprint density at radius 2 is 1.62 bits per heavy atom. The molecule has 0 aromatic heterocycles. The lowest BCUT2D eigenvalue weighted by Crippen LogP contribution is -2.41. The molecule has 2 aromatic carbocycles. The van der Waals surface area contributed by atoms with E-state index in [1.165, 1.54) is 0 Å². The molecule has 0 spiro atoms. The molecule has 0 saturated heterocycles. The molecule has 0 amide bonds. The summed E-state index contributed by atoms with van der Waals surface area (Å²) in [4.78, 5) is -0.970. The molecular weight excluding hydrogens is 371 g/mol. The van der Waals surface area contributed by atoms with Gasteiger partial charge in [-0.15, -0.1) is 0 Å². The molecule has 140 valence electrons. The zero-order valence-electron chi connectivity index (χ0n) is 14.0. The first-order chi connectivity index (χ1) is 12.1. The van der Waals surface area contributed by atoms with E-state index in [2.05, 4.69) is 4.72 Å². The van der Waals surface area contributed by atoms with Crippen molar-refractivity contribution in [3.63, 3.8) is 0 Å². The van der Waals surface area contributed by atoms with Gasteiger partial charge < -0.3 is 9.47 Å². The van der Waals surface area contributed by atoms with Crippen LogP contribution in [0.3, 0.4) is 0 Å². The highest BCUT2D eigenvalue weighted by Gasteiger charge is 2.32. The topological polar surface area (TPSA) is 64.6 Å². The number of nitrogens with one attached hydrogen (secondary N) is 1. The highest BCUT2D eigenvalue weighted by atomic mass is 32.2. The fourth-order valence-electron chi connectivity index (χ4n) is 2.60. The van der Waals surface area contributed by atoms with Crippen molar-refractivity contribution in [1.29, 1.82) is 0 Å². The molecule has 0 aliphatic carbocycles. The Kier molecular flexibility index (Phi) is 4.61. The molecule has 0 bridgehead atoms. The monoisotopic (exact) mass is 387 g/mol. The largest absolute Gasteiger partial charge is 0.486 e. The van der Waals surface area contributed by atoms with Crippen LogP contribution in [0.5, 0.6) is 11.5 Å². The van der Waals surface area contributed by atoms with Crippen LogP contribution in [0, 0.1) is 17.5 Å². The second-order valence-corrected chi connectivity index (χ2v) is 7.91. The summed E-state index contributed by atoms with van der Waals surface area (Å²) in [6.07, 6.45) is 0.